The summed E-state index contributed by atoms with van der Waals surface area (Å²) in [5.41, 5.74) is 2.33. The molecule has 7 heteroatoms. The molecule has 3 amide bonds. The van der Waals surface area contributed by atoms with Gasteiger partial charge < -0.3 is 21.1 Å². The molecule has 0 bridgehead atoms. The number of rotatable bonds is 9. The van der Waals surface area contributed by atoms with Gasteiger partial charge in [-0.15, -0.1) is 0 Å². The SMILES string of the molecule is O=C(CCCNC(=O)NC1CCCCC1)NCc1ccc(CN2CCC(O)CC2)cc1. The number of carbonyl (C=O) groups is 2. The standard InChI is InChI=1S/C24H38N4O3/c29-22-12-15-28(16-13-22)18-20-10-8-19(9-11-20)17-26-23(30)7-4-14-25-24(31)27-21-5-2-1-3-6-21/h8-11,21-22,29H,1-7,12-18H2,(H,26,30)(H2,25,27,31). The van der Waals surface area contributed by atoms with Gasteiger partial charge in [-0.2, -0.15) is 0 Å². The predicted octanol–water partition coefficient (Wildman–Crippen LogP) is 2.67. The molecular weight excluding hydrogens is 392 g/mol. The molecule has 1 aromatic rings. The molecule has 3 rings (SSSR count). The van der Waals surface area contributed by atoms with Crippen LogP contribution >= 0.6 is 0 Å². The van der Waals surface area contributed by atoms with Crippen molar-refractivity contribution in [2.75, 3.05) is 19.6 Å². The summed E-state index contributed by atoms with van der Waals surface area (Å²) in [6.07, 6.45) is 8.39. The maximum Gasteiger partial charge on any atom is 0.315 e. The van der Waals surface area contributed by atoms with E-state index in [1.165, 1.54) is 24.8 Å². The molecule has 1 saturated carbocycles. The van der Waals surface area contributed by atoms with Crippen LogP contribution in [-0.4, -0.2) is 53.7 Å². The van der Waals surface area contributed by atoms with E-state index in [0.29, 0.717) is 32.0 Å². The van der Waals surface area contributed by atoms with Gasteiger partial charge in [-0.25, -0.2) is 4.79 Å². The number of hydrogen-bond acceptors (Lipinski definition) is 4. The Balaban J connectivity index is 1.25. The molecule has 0 atom stereocenters. The minimum atomic E-state index is -0.142. The highest BCUT2D eigenvalue weighted by atomic mass is 16.3. The van der Waals surface area contributed by atoms with Crippen LogP contribution in [0.25, 0.3) is 0 Å². The van der Waals surface area contributed by atoms with E-state index in [0.717, 1.165) is 50.9 Å². The van der Waals surface area contributed by atoms with Gasteiger partial charge in [0.25, 0.3) is 0 Å². The van der Waals surface area contributed by atoms with E-state index in [1.807, 2.05) is 0 Å². The normalized spacial score (nSPS) is 18.5. The van der Waals surface area contributed by atoms with Crippen molar-refractivity contribution >= 4 is 11.9 Å². The number of urea groups is 1. The third kappa shape index (κ3) is 8.87. The molecule has 0 spiro atoms. The van der Waals surface area contributed by atoms with Crippen LogP contribution in [0.2, 0.25) is 0 Å². The molecule has 1 aliphatic heterocycles. The highest BCUT2D eigenvalue weighted by Gasteiger charge is 2.17. The Labute approximate surface area is 186 Å². The molecule has 31 heavy (non-hydrogen) atoms. The van der Waals surface area contributed by atoms with E-state index in [9.17, 15) is 14.7 Å². The zero-order valence-electron chi connectivity index (χ0n) is 18.6. The molecule has 1 aromatic carbocycles. The molecule has 0 radical (unpaired) electrons. The lowest BCUT2D eigenvalue weighted by atomic mass is 9.96. The maximum atomic E-state index is 12.1. The number of carbonyl (C=O) groups excluding carboxylic acids is 2. The fraction of sp³-hybridized carbons (Fsp3) is 0.667. The summed E-state index contributed by atoms with van der Waals surface area (Å²) in [4.78, 5) is 26.3. The number of nitrogens with one attached hydrogen (secondary N) is 3. The first-order valence-electron chi connectivity index (χ1n) is 11.9. The van der Waals surface area contributed by atoms with Crippen molar-refractivity contribution < 1.29 is 14.7 Å². The third-order valence-electron chi connectivity index (χ3n) is 6.28. The summed E-state index contributed by atoms with van der Waals surface area (Å²) in [5.74, 6) is 0.00504. The smallest absolute Gasteiger partial charge is 0.315 e. The van der Waals surface area contributed by atoms with Crippen molar-refractivity contribution in [2.24, 2.45) is 0 Å². The number of amides is 3. The van der Waals surface area contributed by atoms with E-state index < -0.39 is 0 Å². The van der Waals surface area contributed by atoms with Crippen molar-refractivity contribution in [1.82, 2.24) is 20.9 Å². The highest BCUT2D eigenvalue weighted by Crippen LogP contribution is 2.17. The molecule has 1 heterocycles. The molecule has 1 saturated heterocycles. The number of aliphatic hydroxyl groups is 1. The second-order valence-electron chi connectivity index (χ2n) is 8.94. The topological polar surface area (TPSA) is 93.7 Å². The monoisotopic (exact) mass is 430 g/mol. The Kier molecular flexibility index (Phi) is 9.62. The van der Waals surface area contributed by atoms with Crippen molar-refractivity contribution in [1.29, 1.82) is 0 Å². The number of aliphatic hydroxyl groups excluding tert-OH is 1. The zero-order valence-corrected chi connectivity index (χ0v) is 18.6. The first-order chi connectivity index (χ1) is 15.1. The van der Waals surface area contributed by atoms with Crippen LogP contribution in [0.1, 0.15) is 68.9 Å². The van der Waals surface area contributed by atoms with E-state index in [1.54, 1.807) is 0 Å². The Morgan fingerprint density at radius 1 is 0.935 bits per heavy atom. The lowest BCUT2D eigenvalue weighted by Gasteiger charge is -2.29. The van der Waals surface area contributed by atoms with E-state index in [2.05, 4.69) is 45.1 Å². The van der Waals surface area contributed by atoms with Gasteiger partial charge in [0.2, 0.25) is 5.91 Å². The second-order valence-corrected chi connectivity index (χ2v) is 8.94. The van der Waals surface area contributed by atoms with Crippen LogP contribution < -0.4 is 16.0 Å². The van der Waals surface area contributed by atoms with Crippen LogP contribution in [0.3, 0.4) is 0 Å². The van der Waals surface area contributed by atoms with Gasteiger partial charge in [-0.3, -0.25) is 9.69 Å². The van der Waals surface area contributed by atoms with E-state index >= 15 is 0 Å². The Morgan fingerprint density at radius 3 is 2.32 bits per heavy atom. The minimum Gasteiger partial charge on any atom is -0.393 e. The average Bonchev–Trinajstić information content (AvgIpc) is 2.78. The second kappa shape index (κ2) is 12.7. The molecule has 0 aromatic heterocycles. The summed E-state index contributed by atoms with van der Waals surface area (Å²) in [7, 11) is 0. The van der Waals surface area contributed by atoms with Crippen molar-refractivity contribution in [3.05, 3.63) is 35.4 Å². The lowest BCUT2D eigenvalue weighted by molar-refractivity contribution is -0.121. The van der Waals surface area contributed by atoms with Gasteiger partial charge in [0, 0.05) is 45.2 Å². The zero-order chi connectivity index (χ0) is 21.9. The molecule has 7 nitrogen and oxygen atoms in total. The predicted molar refractivity (Wildman–Crippen MR) is 121 cm³/mol. The van der Waals surface area contributed by atoms with Crippen LogP contribution in [0.5, 0.6) is 0 Å². The van der Waals surface area contributed by atoms with Crippen molar-refractivity contribution in [3.63, 3.8) is 0 Å². The van der Waals surface area contributed by atoms with Gasteiger partial charge in [-0.1, -0.05) is 43.5 Å². The van der Waals surface area contributed by atoms with Crippen LogP contribution in [0, 0.1) is 0 Å². The van der Waals surface area contributed by atoms with Gasteiger partial charge in [0.05, 0.1) is 6.10 Å². The average molecular weight is 431 g/mol. The fourth-order valence-corrected chi connectivity index (χ4v) is 4.32. The van der Waals surface area contributed by atoms with Gasteiger partial charge in [0.15, 0.2) is 0 Å². The van der Waals surface area contributed by atoms with Crippen molar-refractivity contribution in [2.45, 2.75) is 83.0 Å². The van der Waals surface area contributed by atoms with Crippen LogP contribution in [0.4, 0.5) is 4.79 Å². The fourth-order valence-electron chi connectivity index (χ4n) is 4.32. The van der Waals surface area contributed by atoms with Crippen molar-refractivity contribution in [3.8, 4) is 0 Å². The first kappa shape index (κ1) is 23.5. The summed E-state index contributed by atoms with van der Waals surface area (Å²) >= 11 is 0. The highest BCUT2D eigenvalue weighted by molar-refractivity contribution is 5.76. The number of nitrogens with zero attached hydrogens (tertiary/aromatic N) is 1. The first-order valence-corrected chi connectivity index (χ1v) is 11.9. The van der Waals surface area contributed by atoms with Crippen LogP contribution in [0.15, 0.2) is 24.3 Å². The Morgan fingerprint density at radius 2 is 1.61 bits per heavy atom. The third-order valence-corrected chi connectivity index (χ3v) is 6.28. The summed E-state index contributed by atoms with van der Waals surface area (Å²) in [5, 5.41) is 18.4. The van der Waals surface area contributed by atoms with Gasteiger partial charge in [-0.05, 0) is 43.2 Å². The summed E-state index contributed by atoms with van der Waals surface area (Å²) in [6.45, 7) is 3.81. The molecule has 4 N–H and O–H groups in total. The molecule has 0 unspecified atom stereocenters. The van der Waals surface area contributed by atoms with E-state index in [-0.39, 0.29) is 18.0 Å². The molecule has 2 fully saturated rings. The van der Waals surface area contributed by atoms with Gasteiger partial charge >= 0.3 is 6.03 Å². The number of hydrogen-bond donors (Lipinski definition) is 4. The maximum absolute atomic E-state index is 12.1. The minimum absolute atomic E-state index is 0.00504. The Hall–Kier alpha value is -2.12. The quantitative estimate of drug-likeness (QED) is 0.453. The summed E-state index contributed by atoms with van der Waals surface area (Å²) in [6, 6.07) is 8.53. The number of piperidine rings is 1. The number of benzene rings is 1. The number of likely N-dealkylation sites (tertiary alicyclic amines) is 1. The largest absolute Gasteiger partial charge is 0.393 e. The summed E-state index contributed by atoms with van der Waals surface area (Å²) < 4.78 is 0. The van der Waals surface area contributed by atoms with E-state index in [4.69, 9.17) is 0 Å². The Bertz CT molecular complexity index is 681. The molecule has 2 aliphatic rings. The van der Waals surface area contributed by atoms with Gasteiger partial charge in [0.1, 0.15) is 0 Å². The van der Waals surface area contributed by atoms with Crippen LogP contribution in [-0.2, 0) is 17.9 Å². The molecule has 172 valence electrons. The molecule has 1 aliphatic carbocycles. The lowest BCUT2D eigenvalue weighted by Crippen LogP contribution is -2.43. The molecular formula is C24H38N4O3.